The van der Waals surface area contributed by atoms with E-state index in [0.717, 1.165) is 48.6 Å². The maximum atomic E-state index is 6.15. The predicted molar refractivity (Wildman–Crippen MR) is 89.2 cm³/mol. The Morgan fingerprint density at radius 2 is 1.95 bits per heavy atom. The van der Waals surface area contributed by atoms with Crippen molar-refractivity contribution in [2.45, 2.75) is 57.7 Å². The molecule has 1 aliphatic rings. The summed E-state index contributed by atoms with van der Waals surface area (Å²) in [6.07, 6.45) is 6.91. The summed E-state index contributed by atoms with van der Waals surface area (Å²) in [6.45, 7) is 7.69. The number of nitrogens with zero attached hydrogens (tertiary/aromatic N) is 2. The number of aromatic nitrogens is 2. The second-order valence-electron chi connectivity index (χ2n) is 6.16. The van der Waals surface area contributed by atoms with Crippen molar-refractivity contribution in [1.82, 2.24) is 9.97 Å². The molecule has 2 unspecified atom stereocenters. The summed E-state index contributed by atoms with van der Waals surface area (Å²) in [5, 5.41) is 4.09. The Kier molecular flexibility index (Phi) is 6.15. The van der Waals surface area contributed by atoms with Gasteiger partial charge < -0.3 is 10.1 Å². The molecule has 1 N–H and O–H groups in total. The van der Waals surface area contributed by atoms with E-state index in [9.17, 15) is 0 Å². The minimum Gasteiger partial charge on any atom is -0.474 e. The van der Waals surface area contributed by atoms with Crippen LogP contribution >= 0.6 is 11.8 Å². The first kappa shape index (κ1) is 16.4. The maximum Gasteiger partial charge on any atom is 0.219 e. The lowest BCUT2D eigenvalue weighted by molar-refractivity contribution is 0.0959. The number of rotatable bonds is 6. The molecule has 0 radical (unpaired) electrons. The lowest BCUT2D eigenvalue weighted by Gasteiger charge is -2.31. The topological polar surface area (TPSA) is 47.0 Å². The number of hydrogen-bond acceptors (Lipinski definition) is 5. The Bertz CT molecular complexity index is 445. The number of anilines is 1. The van der Waals surface area contributed by atoms with Crippen molar-refractivity contribution >= 4 is 17.6 Å². The third-order valence-corrected chi connectivity index (χ3v) is 4.39. The van der Waals surface area contributed by atoms with Gasteiger partial charge in [0.25, 0.3) is 0 Å². The van der Waals surface area contributed by atoms with Gasteiger partial charge in [-0.05, 0) is 43.8 Å². The summed E-state index contributed by atoms with van der Waals surface area (Å²) in [6, 6.07) is 1.93. The fourth-order valence-electron chi connectivity index (χ4n) is 3.04. The van der Waals surface area contributed by atoms with Crippen molar-refractivity contribution in [2.24, 2.45) is 11.8 Å². The highest BCUT2D eigenvalue weighted by molar-refractivity contribution is 7.98. The summed E-state index contributed by atoms with van der Waals surface area (Å²) in [7, 11) is 0. The molecule has 1 aromatic rings. The molecule has 2 atom stereocenters. The Balaban J connectivity index is 2.07. The third kappa shape index (κ3) is 5.06. The first-order chi connectivity index (χ1) is 10.1. The van der Waals surface area contributed by atoms with Crippen LogP contribution < -0.4 is 10.1 Å². The zero-order chi connectivity index (χ0) is 15.2. The molecule has 1 heterocycles. The number of thioether (sulfide) groups is 1. The van der Waals surface area contributed by atoms with Crippen LogP contribution in [0.15, 0.2) is 11.2 Å². The molecular weight excluding hydrogens is 282 g/mol. The Morgan fingerprint density at radius 1 is 1.24 bits per heavy atom. The minimum atomic E-state index is 0.285. The summed E-state index contributed by atoms with van der Waals surface area (Å²) in [4.78, 5) is 8.97. The van der Waals surface area contributed by atoms with Crippen molar-refractivity contribution in [3.63, 3.8) is 0 Å². The SMILES string of the molecule is CCCNc1cc(OC2CC(C)CC(C)C2)nc(SC)n1. The highest BCUT2D eigenvalue weighted by atomic mass is 32.2. The van der Waals surface area contributed by atoms with Gasteiger partial charge in [0, 0.05) is 12.6 Å². The Hall–Kier alpha value is -0.970. The maximum absolute atomic E-state index is 6.15. The van der Waals surface area contributed by atoms with Crippen LogP contribution in [0.5, 0.6) is 5.88 Å². The van der Waals surface area contributed by atoms with E-state index in [-0.39, 0.29) is 6.10 Å². The van der Waals surface area contributed by atoms with E-state index >= 15 is 0 Å². The molecule has 1 aliphatic carbocycles. The van der Waals surface area contributed by atoms with E-state index in [2.05, 4.69) is 36.1 Å². The molecule has 0 bridgehead atoms. The van der Waals surface area contributed by atoms with Crippen LogP contribution in [0.2, 0.25) is 0 Å². The monoisotopic (exact) mass is 309 g/mol. The summed E-state index contributed by atoms with van der Waals surface area (Å²) in [5.41, 5.74) is 0. The standard InChI is InChI=1S/C16H27N3OS/c1-5-6-17-14-10-15(19-16(18-14)21-4)20-13-8-11(2)7-12(3)9-13/h10-13H,5-9H2,1-4H3,(H,17,18,19). The first-order valence-electron chi connectivity index (χ1n) is 7.94. The smallest absolute Gasteiger partial charge is 0.219 e. The zero-order valence-electron chi connectivity index (χ0n) is 13.6. The second-order valence-corrected chi connectivity index (χ2v) is 6.94. The van der Waals surface area contributed by atoms with Crippen LogP contribution in [0.25, 0.3) is 0 Å². The fraction of sp³-hybridized carbons (Fsp3) is 0.750. The second kappa shape index (κ2) is 7.87. The zero-order valence-corrected chi connectivity index (χ0v) is 14.4. The van der Waals surface area contributed by atoms with Crippen molar-refractivity contribution in [1.29, 1.82) is 0 Å². The Morgan fingerprint density at radius 3 is 2.57 bits per heavy atom. The lowest BCUT2D eigenvalue weighted by atomic mass is 9.82. The summed E-state index contributed by atoms with van der Waals surface area (Å²) < 4.78 is 6.15. The number of hydrogen-bond donors (Lipinski definition) is 1. The Labute approximate surface area is 132 Å². The number of ether oxygens (including phenoxy) is 1. The van der Waals surface area contributed by atoms with Crippen molar-refractivity contribution in [2.75, 3.05) is 18.1 Å². The van der Waals surface area contributed by atoms with Crippen LogP contribution in [0.1, 0.15) is 46.5 Å². The van der Waals surface area contributed by atoms with Crippen molar-refractivity contribution < 1.29 is 4.74 Å². The molecule has 0 aliphatic heterocycles. The van der Waals surface area contributed by atoms with Gasteiger partial charge in [0.05, 0.1) is 0 Å². The van der Waals surface area contributed by atoms with E-state index < -0.39 is 0 Å². The molecule has 4 nitrogen and oxygen atoms in total. The normalized spacial score (nSPS) is 25.6. The summed E-state index contributed by atoms with van der Waals surface area (Å²) in [5.74, 6) is 3.04. The molecule has 21 heavy (non-hydrogen) atoms. The highest BCUT2D eigenvalue weighted by Gasteiger charge is 2.25. The molecule has 0 spiro atoms. The van der Waals surface area contributed by atoms with Gasteiger partial charge >= 0.3 is 0 Å². The lowest BCUT2D eigenvalue weighted by Crippen LogP contribution is -2.28. The molecule has 0 amide bonds. The molecule has 118 valence electrons. The van der Waals surface area contributed by atoms with Gasteiger partial charge in [-0.1, -0.05) is 32.5 Å². The fourth-order valence-corrected chi connectivity index (χ4v) is 3.41. The van der Waals surface area contributed by atoms with E-state index in [4.69, 9.17) is 4.74 Å². The summed E-state index contributed by atoms with van der Waals surface area (Å²) >= 11 is 1.55. The molecular formula is C16H27N3OS. The van der Waals surface area contributed by atoms with E-state index in [1.165, 1.54) is 6.42 Å². The minimum absolute atomic E-state index is 0.285. The van der Waals surface area contributed by atoms with Gasteiger partial charge in [-0.25, -0.2) is 4.98 Å². The average molecular weight is 309 g/mol. The van der Waals surface area contributed by atoms with Gasteiger partial charge in [-0.2, -0.15) is 4.98 Å². The van der Waals surface area contributed by atoms with Gasteiger partial charge in [-0.3, -0.25) is 0 Å². The molecule has 0 saturated heterocycles. The molecule has 0 aromatic carbocycles. The largest absolute Gasteiger partial charge is 0.474 e. The quantitative estimate of drug-likeness (QED) is 0.629. The first-order valence-corrected chi connectivity index (χ1v) is 9.16. The van der Waals surface area contributed by atoms with Crippen LogP contribution in [0.4, 0.5) is 5.82 Å². The van der Waals surface area contributed by atoms with Gasteiger partial charge in [0.15, 0.2) is 5.16 Å². The average Bonchev–Trinajstić information content (AvgIpc) is 2.43. The molecule has 1 fully saturated rings. The molecule has 5 heteroatoms. The molecule has 2 rings (SSSR count). The van der Waals surface area contributed by atoms with Crippen LogP contribution in [-0.2, 0) is 0 Å². The van der Waals surface area contributed by atoms with Crippen molar-refractivity contribution in [3.05, 3.63) is 6.07 Å². The van der Waals surface area contributed by atoms with Crippen LogP contribution in [-0.4, -0.2) is 28.9 Å². The highest BCUT2D eigenvalue weighted by Crippen LogP contribution is 2.31. The van der Waals surface area contributed by atoms with Crippen LogP contribution in [0, 0.1) is 11.8 Å². The van der Waals surface area contributed by atoms with E-state index in [0.29, 0.717) is 5.88 Å². The van der Waals surface area contributed by atoms with Gasteiger partial charge in [-0.15, -0.1) is 0 Å². The van der Waals surface area contributed by atoms with Crippen LogP contribution in [0.3, 0.4) is 0 Å². The molecule has 1 saturated carbocycles. The van der Waals surface area contributed by atoms with E-state index in [1.54, 1.807) is 11.8 Å². The predicted octanol–water partition coefficient (Wildman–Crippen LogP) is 4.22. The third-order valence-electron chi connectivity index (χ3n) is 3.84. The van der Waals surface area contributed by atoms with Gasteiger partial charge in [0.1, 0.15) is 11.9 Å². The molecule has 1 aromatic heterocycles. The van der Waals surface area contributed by atoms with Gasteiger partial charge in [0.2, 0.25) is 5.88 Å². The van der Waals surface area contributed by atoms with Crippen molar-refractivity contribution in [3.8, 4) is 5.88 Å². The van der Waals surface area contributed by atoms with E-state index in [1.807, 2.05) is 12.3 Å². The number of nitrogens with one attached hydrogen (secondary N) is 1.